The van der Waals surface area contributed by atoms with Gasteiger partial charge in [0.1, 0.15) is 18.0 Å². The molecule has 1 atom stereocenters. The highest BCUT2D eigenvalue weighted by Crippen LogP contribution is 2.37. The van der Waals surface area contributed by atoms with Crippen LogP contribution in [0.5, 0.6) is 0 Å². The van der Waals surface area contributed by atoms with Crippen LogP contribution in [0.4, 0.5) is 0 Å². The lowest BCUT2D eigenvalue weighted by molar-refractivity contribution is -0.166. The molecule has 0 saturated carbocycles. The van der Waals surface area contributed by atoms with Gasteiger partial charge in [0.15, 0.2) is 5.60 Å². The molecule has 0 aliphatic carbocycles. The molecule has 3 aromatic rings. The first-order chi connectivity index (χ1) is 21.1. The number of aliphatic hydroxyl groups excluding tert-OH is 1. The van der Waals surface area contributed by atoms with Gasteiger partial charge >= 0.3 is 11.9 Å². The van der Waals surface area contributed by atoms with E-state index >= 15 is 0 Å². The standard InChI is InChI=1S/C39H48O6/c1-27-8-10-28(11-9-27)12-13-29-15-18-34-32(20-29)21-33(44-34)17-19-35(41)43-26-39(25-40)24-31(36(42)45-39)16-14-30(22-37(2,3)4)23-38(5,6)7/h8-11,15-16,18,20-21,30,40H,14,17,19,22-26H2,1-7H3/b31-16+/t39-/m1/s1. The number of allylic oxidation sites excluding steroid dienone is 1. The second kappa shape index (κ2) is 14.1. The quantitative estimate of drug-likeness (QED) is 0.141. The third-order valence-electron chi connectivity index (χ3n) is 7.91. The zero-order chi connectivity index (χ0) is 32.8. The first-order valence-electron chi connectivity index (χ1n) is 15.9. The molecule has 1 aliphatic heterocycles. The molecule has 4 rings (SSSR count). The predicted molar refractivity (Wildman–Crippen MR) is 178 cm³/mol. The third-order valence-corrected chi connectivity index (χ3v) is 7.91. The summed E-state index contributed by atoms with van der Waals surface area (Å²) in [5, 5.41) is 11.1. The van der Waals surface area contributed by atoms with Gasteiger partial charge in [-0.15, -0.1) is 0 Å². The fourth-order valence-electron chi connectivity index (χ4n) is 5.96. The minimum atomic E-state index is -1.25. The summed E-state index contributed by atoms with van der Waals surface area (Å²) < 4.78 is 17.0. The van der Waals surface area contributed by atoms with E-state index in [0.29, 0.717) is 23.7 Å². The normalized spacial score (nSPS) is 17.9. The number of aryl methyl sites for hydroxylation is 2. The van der Waals surface area contributed by atoms with Gasteiger partial charge in [-0.05, 0) is 79.3 Å². The Morgan fingerprint density at radius 1 is 1.00 bits per heavy atom. The molecule has 2 aromatic carbocycles. The Hall–Kier alpha value is -3.82. The van der Waals surface area contributed by atoms with Crippen molar-refractivity contribution in [3.63, 3.8) is 0 Å². The number of hydrogen-bond acceptors (Lipinski definition) is 6. The van der Waals surface area contributed by atoms with Crippen LogP contribution in [0.1, 0.15) is 96.1 Å². The molecule has 0 radical (unpaired) electrons. The second-order valence-corrected chi connectivity index (χ2v) is 15.0. The number of aliphatic hydroxyl groups is 1. The molecule has 0 bridgehead atoms. The van der Waals surface area contributed by atoms with E-state index in [1.165, 1.54) is 5.56 Å². The van der Waals surface area contributed by atoms with Crippen LogP contribution in [0.15, 0.2) is 64.6 Å². The lowest BCUT2D eigenvalue weighted by atomic mass is 9.75. The van der Waals surface area contributed by atoms with Gasteiger partial charge in [-0.1, -0.05) is 77.2 Å². The highest BCUT2D eigenvalue weighted by molar-refractivity contribution is 5.91. The zero-order valence-corrected chi connectivity index (χ0v) is 27.9. The number of hydrogen-bond donors (Lipinski definition) is 1. The van der Waals surface area contributed by atoms with Gasteiger partial charge in [-0.2, -0.15) is 0 Å². The maximum absolute atomic E-state index is 12.8. The highest BCUT2D eigenvalue weighted by Gasteiger charge is 2.44. The lowest BCUT2D eigenvalue weighted by Gasteiger charge is -2.30. The van der Waals surface area contributed by atoms with Crippen molar-refractivity contribution in [1.82, 2.24) is 0 Å². The van der Waals surface area contributed by atoms with Gasteiger partial charge in [0.2, 0.25) is 0 Å². The van der Waals surface area contributed by atoms with Crippen molar-refractivity contribution in [2.75, 3.05) is 13.2 Å². The SMILES string of the molecule is Cc1ccc(C#Cc2ccc3oc(CCC(=O)OC[C@]4(CO)C/C(=C\CC(CC(C)(C)C)CC(C)(C)C)C(=O)O4)cc3c2)cc1. The monoisotopic (exact) mass is 612 g/mol. The molecule has 1 N–H and O–H groups in total. The average Bonchev–Trinajstić information content (AvgIpc) is 3.51. The largest absolute Gasteiger partial charge is 0.461 e. The van der Waals surface area contributed by atoms with Crippen molar-refractivity contribution in [3.05, 3.63) is 82.6 Å². The van der Waals surface area contributed by atoms with Gasteiger partial charge in [0.25, 0.3) is 0 Å². The van der Waals surface area contributed by atoms with Gasteiger partial charge in [0.05, 0.1) is 13.0 Å². The molecule has 0 spiro atoms. The number of ether oxygens (including phenoxy) is 2. The molecular formula is C39H48O6. The number of fused-ring (bicyclic) bond motifs is 1. The van der Waals surface area contributed by atoms with Crippen molar-refractivity contribution in [2.24, 2.45) is 16.7 Å². The summed E-state index contributed by atoms with van der Waals surface area (Å²) in [5.41, 5.74) is 3.39. The third kappa shape index (κ3) is 10.4. The van der Waals surface area contributed by atoms with E-state index < -0.39 is 24.1 Å². The van der Waals surface area contributed by atoms with Crippen molar-refractivity contribution >= 4 is 22.9 Å². The van der Waals surface area contributed by atoms with Gasteiger partial charge in [0, 0.05) is 34.9 Å². The van der Waals surface area contributed by atoms with Gasteiger partial charge < -0.3 is 19.0 Å². The molecule has 0 unspecified atom stereocenters. The van der Waals surface area contributed by atoms with Crippen LogP contribution in [-0.2, 0) is 25.5 Å². The van der Waals surface area contributed by atoms with Crippen LogP contribution in [0.25, 0.3) is 11.0 Å². The second-order valence-electron chi connectivity index (χ2n) is 15.0. The Labute approximate surface area is 268 Å². The lowest BCUT2D eigenvalue weighted by Crippen LogP contribution is -2.39. The Balaban J connectivity index is 1.31. The van der Waals surface area contributed by atoms with Crippen LogP contribution in [-0.4, -0.2) is 35.9 Å². The minimum absolute atomic E-state index is 0.0966. The summed E-state index contributed by atoms with van der Waals surface area (Å²) in [6.45, 7) is 14.8. The van der Waals surface area contributed by atoms with Crippen molar-refractivity contribution in [2.45, 2.75) is 92.6 Å². The summed E-state index contributed by atoms with van der Waals surface area (Å²) in [6.07, 6.45) is 5.48. The van der Waals surface area contributed by atoms with Crippen LogP contribution in [0.2, 0.25) is 0 Å². The molecule has 2 heterocycles. The van der Waals surface area contributed by atoms with E-state index in [4.69, 9.17) is 13.9 Å². The molecule has 45 heavy (non-hydrogen) atoms. The minimum Gasteiger partial charge on any atom is -0.461 e. The molecule has 240 valence electrons. The maximum atomic E-state index is 12.8. The number of esters is 2. The number of benzene rings is 2. The van der Waals surface area contributed by atoms with E-state index in [1.807, 2.05) is 61.5 Å². The Bertz CT molecular complexity index is 1570. The number of furan rings is 1. The summed E-state index contributed by atoms with van der Waals surface area (Å²) in [5.74, 6) is 6.57. The fraction of sp³-hybridized carbons (Fsp3) is 0.487. The van der Waals surface area contributed by atoms with Crippen LogP contribution in [0, 0.1) is 35.5 Å². The fourth-order valence-corrected chi connectivity index (χ4v) is 5.96. The van der Waals surface area contributed by atoms with E-state index in [2.05, 4.69) is 53.4 Å². The first kappa shape index (κ1) is 34.1. The van der Waals surface area contributed by atoms with E-state index in [0.717, 1.165) is 41.4 Å². The topological polar surface area (TPSA) is 86.0 Å². The molecule has 0 amide bonds. The molecule has 6 heteroatoms. The van der Waals surface area contributed by atoms with Crippen molar-refractivity contribution < 1.29 is 28.6 Å². The summed E-state index contributed by atoms with van der Waals surface area (Å²) in [7, 11) is 0. The van der Waals surface area contributed by atoms with Gasteiger partial charge in [-0.3, -0.25) is 4.79 Å². The van der Waals surface area contributed by atoms with E-state index in [1.54, 1.807) is 0 Å². The van der Waals surface area contributed by atoms with E-state index in [-0.39, 0.29) is 30.3 Å². The van der Waals surface area contributed by atoms with Crippen LogP contribution in [0.3, 0.4) is 0 Å². The van der Waals surface area contributed by atoms with Crippen molar-refractivity contribution in [1.29, 1.82) is 0 Å². The van der Waals surface area contributed by atoms with Crippen LogP contribution >= 0.6 is 0 Å². The average molecular weight is 613 g/mol. The first-order valence-corrected chi connectivity index (χ1v) is 15.9. The van der Waals surface area contributed by atoms with Crippen LogP contribution < -0.4 is 0 Å². The smallest absolute Gasteiger partial charge is 0.334 e. The maximum Gasteiger partial charge on any atom is 0.334 e. The van der Waals surface area contributed by atoms with E-state index in [9.17, 15) is 14.7 Å². The summed E-state index contributed by atoms with van der Waals surface area (Å²) >= 11 is 0. The molecule has 6 nitrogen and oxygen atoms in total. The Kier molecular flexibility index (Phi) is 10.7. The highest BCUT2D eigenvalue weighted by atomic mass is 16.6. The Morgan fingerprint density at radius 3 is 2.29 bits per heavy atom. The van der Waals surface area contributed by atoms with Gasteiger partial charge in [-0.25, -0.2) is 4.79 Å². The molecular weight excluding hydrogens is 564 g/mol. The molecule has 1 aromatic heterocycles. The predicted octanol–water partition coefficient (Wildman–Crippen LogP) is 8.10. The summed E-state index contributed by atoms with van der Waals surface area (Å²) in [4.78, 5) is 25.4. The Morgan fingerprint density at radius 2 is 1.64 bits per heavy atom. The molecule has 1 aliphatic rings. The molecule has 1 saturated heterocycles. The van der Waals surface area contributed by atoms with Crippen molar-refractivity contribution in [3.8, 4) is 11.8 Å². The number of carbonyl (C=O) groups excluding carboxylic acids is 2. The molecule has 1 fully saturated rings. The number of carbonyl (C=O) groups is 2. The summed E-state index contributed by atoms with van der Waals surface area (Å²) in [6, 6.07) is 15.8. The number of rotatable bonds is 10. The zero-order valence-electron chi connectivity index (χ0n) is 27.9. The number of cyclic esters (lactones) is 1.